The van der Waals surface area contributed by atoms with Crippen LogP contribution in [0, 0.1) is 19.7 Å². The number of pyridine rings is 3. The minimum absolute atomic E-state index is 0.0423. The lowest BCUT2D eigenvalue weighted by atomic mass is 9.92. The van der Waals surface area contributed by atoms with Crippen LogP contribution in [0.15, 0.2) is 36.8 Å². The average molecular weight is 352 g/mol. The number of nitrogens with two attached hydrogens (primary N) is 1. The van der Waals surface area contributed by atoms with Crippen LogP contribution in [0.5, 0.6) is 5.75 Å². The van der Waals surface area contributed by atoms with Crippen molar-refractivity contribution < 1.29 is 13.9 Å². The first-order valence-electron chi connectivity index (χ1n) is 7.85. The third-order valence-electron chi connectivity index (χ3n) is 4.05. The zero-order valence-electron chi connectivity index (χ0n) is 14.6. The van der Waals surface area contributed by atoms with E-state index in [0.29, 0.717) is 28.3 Å². The van der Waals surface area contributed by atoms with E-state index in [0.717, 1.165) is 17.3 Å². The maximum Gasteiger partial charge on any atom is 0.268 e. The molecule has 0 radical (unpaired) electrons. The van der Waals surface area contributed by atoms with Crippen LogP contribution in [0.3, 0.4) is 0 Å². The van der Waals surface area contributed by atoms with Gasteiger partial charge in [-0.3, -0.25) is 14.8 Å². The van der Waals surface area contributed by atoms with Crippen LogP contribution in [-0.4, -0.2) is 28.0 Å². The summed E-state index contributed by atoms with van der Waals surface area (Å²) in [6, 6.07) is 4.58. The Hall–Kier alpha value is -3.35. The molecule has 0 aliphatic heterocycles. The van der Waals surface area contributed by atoms with Gasteiger partial charge in [-0.05, 0) is 37.6 Å². The Morgan fingerprint density at radius 3 is 2.50 bits per heavy atom. The second-order valence-electron chi connectivity index (χ2n) is 5.75. The number of rotatable bonds is 4. The van der Waals surface area contributed by atoms with E-state index in [1.54, 1.807) is 19.3 Å². The van der Waals surface area contributed by atoms with E-state index in [1.807, 2.05) is 13.0 Å². The van der Waals surface area contributed by atoms with E-state index in [-0.39, 0.29) is 5.69 Å². The van der Waals surface area contributed by atoms with Crippen LogP contribution in [-0.2, 0) is 0 Å². The number of carbonyl (C=O) groups excluding carboxylic acids is 1. The zero-order valence-corrected chi connectivity index (χ0v) is 14.6. The molecule has 0 bridgehead atoms. The lowest BCUT2D eigenvalue weighted by molar-refractivity contribution is 0.0996. The van der Waals surface area contributed by atoms with Gasteiger partial charge in [0.25, 0.3) is 5.91 Å². The lowest BCUT2D eigenvalue weighted by Gasteiger charge is -2.19. The van der Waals surface area contributed by atoms with Crippen LogP contribution in [0.4, 0.5) is 4.39 Å². The number of carbonyl (C=O) groups is 1. The molecule has 0 aromatic carbocycles. The maximum absolute atomic E-state index is 13.4. The van der Waals surface area contributed by atoms with Crippen molar-refractivity contribution in [1.82, 2.24) is 15.0 Å². The number of amides is 1. The normalized spacial score (nSPS) is 10.6. The summed E-state index contributed by atoms with van der Waals surface area (Å²) < 4.78 is 18.9. The first kappa shape index (κ1) is 17.5. The Morgan fingerprint density at radius 2 is 1.92 bits per heavy atom. The van der Waals surface area contributed by atoms with Gasteiger partial charge in [0.1, 0.15) is 17.3 Å². The molecule has 26 heavy (non-hydrogen) atoms. The van der Waals surface area contributed by atoms with E-state index in [4.69, 9.17) is 10.5 Å². The molecule has 2 N–H and O–H groups in total. The maximum atomic E-state index is 13.4. The molecule has 0 saturated heterocycles. The Balaban J connectivity index is 2.48. The highest BCUT2D eigenvalue weighted by atomic mass is 19.1. The molecule has 3 rings (SSSR count). The molecule has 0 fully saturated rings. The van der Waals surface area contributed by atoms with E-state index >= 15 is 0 Å². The highest BCUT2D eigenvalue weighted by molar-refractivity contribution is 6.03. The van der Waals surface area contributed by atoms with Gasteiger partial charge in [-0.25, -0.2) is 9.37 Å². The number of aromatic nitrogens is 3. The molecular weight excluding hydrogens is 335 g/mol. The summed E-state index contributed by atoms with van der Waals surface area (Å²) in [5, 5.41) is 0. The zero-order chi connectivity index (χ0) is 18.8. The molecule has 0 saturated carbocycles. The number of halogens is 1. The molecule has 0 aliphatic carbocycles. The fraction of sp³-hybridized carbons (Fsp3) is 0.158. The number of hydrogen-bond donors (Lipinski definition) is 1. The first-order valence-corrected chi connectivity index (χ1v) is 7.85. The van der Waals surface area contributed by atoms with Gasteiger partial charge in [0.2, 0.25) is 0 Å². The first-order chi connectivity index (χ1) is 12.4. The van der Waals surface area contributed by atoms with Crippen LogP contribution in [0.25, 0.3) is 22.4 Å². The number of primary amides is 1. The van der Waals surface area contributed by atoms with Gasteiger partial charge in [-0.1, -0.05) is 0 Å². The number of nitrogens with zero attached hydrogens (tertiary/aromatic N) is 3. The second-order valence-corrected chi connectivity index (χ2v) is 5.75. The summed E-state index contributed by atoms with van der Waals surface area (Å²) in [4.78, 5) is 24.7. The Morgan fingerprint density at radius 1 is 1.15 bits per heavy atom. The molecule has 6 nitrogen and oxygen atoms in total. The monoisotopic (exact) mass is 352 g/mol. The van der Waals surface area contributed by atoms with Gasteiger partial charge >= 0.3 is 0 Å². The fourth-order valence-electron chi connectivity index (χ4n) is 2.87. The Labute approximate surface area is 149 Å². The molecule has 132 valence electrons. The third-order valence-corrected chi connectivity index (χ3v) is 4.05. The summed E-state index contributed by atoms with van der Waals surface area (Å²) in [5.74, 6) is -0.715. The quantitative estimate of drug-likeness (QED) is 0.779. The number of methoxy groups -OCH3 is 1. The van der Waals surface area contributed by atoms with E-state index in [9.17, 15) is 9.18 Å². The number of hydrogen-bond acceptors (Lipinski definition) is 5. The molecule has 3 heterocycles. The molecule has 0 atom stereocenters. The Kier molecular flexibility index (Phi) is 4.62. The topological polar surface area (TPSA) is 91.0 Å². The van der Waals surface area contributed by atoms with Gasteiger partial charge in [0.05, 0.1) is 24.7 Å². The smallest absolute Gasteiger partial charge is 0.268 e. The van der Waals surface area contributed by atoms with Gasteiger partial charge in [-0.15, -0.1) is 0 Å². The van der Waals surface area contributed by atoms with Crippen LogP contribution in [0.1, 0.15) is 21.7 Å². The lowest BCUT2D eigenvalue weighted by Crippen LogP contribution is -2.17. The molecule has 0 unspecified atom stereocenters. The summed E-state index contributed by atoms with van der Waals surface area (Å²) in [6.07, 6.45) is 4.42. The van der Waals surface area contributed by atoms with Gasteiger partial charge in [-0.2, -0.15) is 0 Å². The number of aryl methyl sites for hydroxylation is 2. The predicted molar refractivity (Wildman–Crippen MR) is 95.2 cm³/mol. The van der Waals surface area contributed by atoms with E-state index in [1.165, 1.54) is 19.2 Å². The predicted octanol–water partition coefficient (Wildman–Crippen LogP) is 3.07. The van der Waals surface area contributed by atoms with Crippen LogP contribution < -0.4 is 10.5 Å². The molecular formula is C19H17FN4O2. The average Bonchev–Trinajstić information content (AvgIpc) is 2.62. The van der Waals surface area contributed by atoms with Gasteiger partial charge in [0, 0.05) is 29.1 Å². The van der Waals surface area contributed by atoms with Gasteiger partial charge in [0.15, 0.2) is 0 Å². The summed E-state index contributed by atoms with van der Waals surface area (Å²) in [7, 11) is 1.52. The van der Waals surface area contributed by atoms with Crippen LogP contribution >= 0.6 is 0 Å². The van der Waals surface area contributed by atoms with Crippen molar-refractivity contribution in [3.63, 3.8) is 0 Å². The number of ether oxygens (including phenoxy) is 1. The molecule has 0 spiro atoms. The summed E-state index contributed by atoms with van der Waals surface area (Å²) in [5.41, 5.74) is 9.13. The van der Waals surface area contributed by atoms with Crippen molar-refractivity contribution in [2.75, 3.05) is 7.11 Å². The molecule has 7 heteroatoms. The van der Waals surface area contributed by atoms with Crippen molar-refractivity contribution in [3.05, 3.63) is 59.6 Å². The molecule has 1 amide bonds. The third kappa shape index (κ3) is 2.99. The van der Waals surface area contributed by atoms with E-state index < -0.39 is 11.7 Å². The Bertz CT molecular complexity index is 988. The summed E-state index contributed by atoms with van der Waals surface area (Å²) in [6.45, 7) is 3.64. The van der Waals surface area contributed by atoms with Crippen molar-refractivity contribution in [3.8, 4) is 28.1 Å². The van der Waals surface area contributed by atoms with Crippen molar-refractivity contribution in [1.29, 1.82) is 0 Å². The SMILES string of the molecule is COc1c(C)nc(C(N)=O)c(-c2ccc(F)cn2)c1-c1cnccc1C. The summed E-state index contributed by atoms with van der Waals surface area (Å²) >= 11 is 0. The molecule has 3 aromatic rings. The van der Waals surface area contributed by atoms with Crippen molar-refractivity contribution in [2.24, 2.45) is 5.73 Å². The fourth-order valence-corrected chi connectivity index (χ4v) is 2.87. The highest BCUT2D eigenvalue weighted by Gasteiger charge is 2.25. The highest BCUT2D eigenvalue weighted by Crippen LogP contribution is 2.42. The molecule has 3 aromatic heterocycles. The van der Waals surface area contributed by atoms with Crippen molar-refractivity contribution in [2.45, 2.75) is 13.8 Å². The minimum Gasteiger partial charge on any atom is -0.494 e. The standard InChI is InChI=1S/C19H17FN4O2/c1-10-6-7-22-9-13(10)15-16(14-5-4-12(20)8-23-14)17(19(21)25)24-11(2)18(15)26-3/h4-9H,1-3H3,(H2,21,25). The van der Waals surface area contributed by atoms with Crippen molar-refractivity contribution >= 4 is 5.91 Å². The minimum atomic E-state index is -0.709. The van der Waals surface area contributed by atoms with Crippen LogP contribution in [0.2, 0.25) is 0 Å². The second kappa shape index (κ2) is 6.87. The largest absolute Gasteiger partial charge is 0.494 e. The van der Waals surface area contributed by atoms with E-state index in [2.05, 4.69) is 15.0 Å². The molecule has 0 aliphatic rings. The van der Waals surface area contributed by atoms with Gasteiger partial charge < -0.3 is 10.5 Å².